The Morgan fingerprint density at radius 2 is 2.19 bits per heavy atom. The van der Waals surface area contributed by atoms with Gasteiger partial charge >= 0.3 is 0 Å². The quantitative estimate of drug-likeness (QED) is 0.827. The third-order valence-corrected chi connectivity index (χ3v) is 3.16. The van der Waals surface area contributed by atoms with Gasteiger partial charge in [0.2, 0.25) is 5.16 Å². The Morgan fingerprint density at radius 3 is 2.75 bits per heavy atom. The summed E-state index contributed by atoms with van der Waals surface area (Å²) in [4.78, 5) is 15.9. The minimum Gasteiger partial charge on any atom is -0.298 e. The molecule has 1 heterocycles. The molecule has 0 aliphatic rings. The van der Waals surface area contributed by atoms with E-state index in [4.69, 9.17) is 0 Å². The van der Waals surface area contributed by atoms with E-state index in [-0.39, 0.29) is 0 Å². The molecule has 1 aromatic carbocycles. The first-order valence-corrected chi connectivity index (χ1v) is 5.63. The van der Waals surface area contributed by atoms with Gasteiger partial charge in [0, 0.05) is 10.5 Å². The standard InChI is InChI=1S/C11H11N3OS/c1-7-5-9(6-15)3-4-10(7)16-11-12-8(2)13-14-11/h3-6H,1-2H3,(H,12,13,14). The molecular formula is C11H11N3OS. The molecular weight excluding hydrogens is 222 g/mol. The number of carbonyl (C=O) groups excluding carboxylic acids is 1. The van der Waals surface area contributed by atoms with E-state index in [0.717, 1.165) is 22.6 Å². The first kappa shape index (κ1) is 10.9. The molecule has 82 valence electrons. The first-order valence-electron chi connectivity index (χ1n) is 4.82. The Kier molecular flexibility index (Phi) is 3.05. The van der Waals surface area contributed by atoms with Crippen LogP contribution in [0.2, 0.25) is 0 Å². The summed E-state index contributed by atoms with van der Waals surface area (Å²) in [6.45, 7) is 3.83. The minimum absolute atomic E-state index is 0.688. The summed E-state index contributed by atoms with van der Waals surface area (Å²) in [5.74, 6) is 0.796. The molecule has 0 atom stereocenters. The van der Waals surface area contributed by atoms with E-state index < -0.39 is 0 Å². The van der Waals surface area contributed by atoms with Gasteiger partial charge in [-0.15, -0.1) is 5.10 Å². The third-order valence-electron chi connectivity index (χ3n) is 2.11. The summed E-state index contributed by atoms with van der Waals surface area (Å²) in [5, 5.41) is 7.54. The van der Waals surface area contributed by atoms with Crippen molar-refractivity contribution in [3.8, 4) is 0 Å². The van der Waals surface area contributed by atoms with Crippen LogP contribution in [0.3, 0.4) is 0 Å². The molecule has 1 N–H and O–H groups in total. The molecule has 0 unspecified atom stereocenters. The predicted octanol–water partition coefficient (Wildman–Crippen LogP) is 2.39. The van der Waals surface area contributed by atoms with Crippen LogP contribution in [-0.2, 0) is 0 Å². The fraction of sp³-hybridized carbons (Fsp3) is 0.182. The summed E-state index contributed by atoms with van der Waals surface area (Å²) in [6.07, 6.45) is 0.846. The van der Waals surface area contributed by atoms with Gasteiger partial charge in [0.1, 0.15) is 12.1 Å². The highest BCUT2D eigenvalue weighted by Crippen LogP contribution is 2.27. The molecule has 0 aliphatic carbocycles. The van der Waals surface area contributed by atoms with Crippen LogP contribution in [0.15, 0.2) is 28.3 Å². The number of rotatable bonds is 3. The van der Waals surface area contributed by atoms with Gasteiger partial charge in [0.15, 0.2) is 0 Å². The number of aryl methyl sites for hydroxylation is 2. The number of benzene rings is 1. The molecule has 0 saturated carbocycles. The van der Waals surface area contributed by atoms with Crippen LogP contribution in [0.5, 0.6) is 0 Å². The van der Waals surface area contributed by atoms with Crippen LogP contribution in [0.25, 0.3) is 0 Å². The molecule has 0 radical (unpaired) electrons. The highest BCUT2D eigenvalue weighted by atomic mass is 32.2. The van der Waals surface area contributed by atoms with Crippen molar-refractivity contribution in [2.45, 2.75) is 23.9 Å². The Morgan fingerprint density at radius 1 is 1.38 bits per heavy atom. The molecule has 2 rings (SSSR count). The average molecular weight is 233 g/mol. The normalized spacial score (nSPS) is 10.4. The lowest BCUT2D eigenvalue weighted by Crippen LogP contribution is -1.85. The molecule has 4 nitrogen and oxygen atoms in total. The molecule has 16 heavy (non-hydrogen) atoms. The van der Waals surface area contributed by atoms with Crippen LogP contribution in [0, 0.1) is 13.8 Å². The van der Waals surface area contributed by atoms with Crippen LogP contribution >= 0.6 is 11.8 Å². The number of nitrogens with one attached hydrogen (secondary N) is 1. The molecule has 0 fully saturated rings. The van der Waals surface area contributed by atoms with Gasteiger partial charge in [0.25, 0.3) is 0 Å². The monoisotopic (exact) mass is 233 g/mol. The largest absolute Gasteiger partial charge is 0.298 e. The zero-order chi connectivity index (χ0) is 11.5. The Hall–Kier alpha value is -1.62. The van der Waals surface area contributed by atoms with Crippen molar-refractivity contribution < 1.29 is 4.79 Å². The summed E-state index contributed by atoms with van der Waals surface area (Å²) >= 11 is 1.48. The molecule has 5 heteroatoms. The smallest absolute Gasteiger partial charge is 0.213 e. The topological polar surface area (TPSA) is 58.6 Å². The second-order valence-electron chi connectivity index (χ2n) is 3.45. The summed E-state index contributed by atoms with van der Waals surface area (Å²) in [5.41, 5.74) is 1.74. The molecule has 2 aromatic rings. The van der Waals surface area contributed by atoms with Gasteiger partial charge in [0.05, 0.1) is 0 Å². The lowest BCUT2D eigenvalue weighted by Gasteiger charge is -2.02. The van der Waals surface area contributed by atoms with Crippen molar-refractivity contribution >= 4 is 18.0 Å². The first-order chi connectivity index (χ1) is 7.69. The highest BCUT2D eigenvalue weighted by Gasteiger charge is 2.05. The van der Waals surface area contributed by atoms with Crippen molar-refractivity contribution in [3.05, 3.63) is 35.2 Å². The van der Waals surface area contributed by atoms with Crippen LogP contribution in [-0.4, -0.2) is 21.5 Å². The second kappa shape index (κ2) is 4.49. The highest BCUT2D eigenvalue weighted by molar-refractivity contribution is 7.99. The van der Waals surface area contributed by atoms with E-state index >= 15 is 0 Å². The minimum atomic E-state index is 0.688. The van der Waals surface area contributed by atoms with Gasteiger partial charge in [-0.1, -0.05) is 6.07 Å². The van der Waals surface area contributed by atoms with E-state index in [9.17, 15) is 4.79 Å². The molecule has 0 saturated heterocycles. The maximum atomic E-state index is 10.6. The number of nitrogens with zero attached hydrogens (tertiary/aromatic N) is 2. The van der Waals surface area contributed by atoms with E-state index in [0.29, 0.717) is 10.7 Å². The lowest BCUT2D eigenvalue weighted by molar-refractivity contribution is 0.112. The van der Waals surface area contributed by atoms with Crippen molar-refractivity contribution in [3.63, 3.8) is 0 Å². The van der Waals surface area contributed by atoms with Gasteiger partial charge in [-0.2, -0.15) is 0 Å². The fourth-order valence-corrected chi connectivity index (χ4v) is 2.15. The van der Waals surface area contributed by atoms with Crippen LogP contribution in [0.1, 0.15) is 21.7 Å². The number of aldehydes is 1. The molecule has 0 aliphatic heterocycles. The third kappa shape index (κ3) is 2.30. The maximum Gasteiger partial charge on any atom is 0.213 e. The average Bonchev–Trinajstić information content (AvgIpc) is 2.67. The zero-order valence-electron chi connectivity index (χ0n) is 9.02. The van der Waals surface area contributed by atoms with Crippen molar-refractivity contribution in [1.82, 2.24) is 15.2 Å². The zero-order valence-corrected chi connectivity index (χ0v) is 9.84. The SMILES string of the molecule is Cc1nc(Sc2ccc(C=O)cc2C)n[nH]1. The molecule has 0 bridgehead atoms. The van der Waals surface area contributed by atoms with Crippen molar-refractivity contribution in [2.24, 2.45) is 0 Å². The Bertz CT molecular complexity index is 522. The van der Waals surface area contributed by atoms with Crippen molar-refractivity contribution in [1.29, 1.82) is 0 Å². The molecule has 0 spiro atoms. The Labute approximate surface area is 97.5 Å². The summed E-state index contributed by atoms with van der Waals surface area (Å²) in [6, 6.07) is 5.56. The molecule has 0 amide bonds. The number of aromatic amines is 1. The summed E-state index contributed by atoms with van der Waals surface area (Å²) < 4.78 is 0. The van der Waals surface area contributed by atoms with Gasteiger partial charge in [-0.3, -0.25) is 9.89 Å². The number of H-pyrrole nitrogens is 1. The number of carbonyl (C=O) groups is 1. The van der Waals surface area contributed by atoms with E-state index in [1.807, 2.05) is 26.0 Å². The number of hydrogen-bond acceptors (Lipinski definition) is 4. The molecule has 1 aromatic heterocycles. The predicted molar refractivity (Wildman–Crippen MR) is 61.8 cm³/mol. The van der Waals surface area contributed by atoms with E-state index in [2.05, 4.69) is 15.2 Å². The number of aromatic nitrogens is 3. The maximum absolute atomic E-state index is 10.6. The van der Waals surface area contributed by atoms with E-state index in [1.165, 1.54) is 11.8 Å². The van der Waals surface area contributed by atoms with E-state index in [1.54, 1.807) is 6.07 Å². The number of hydrogen-bond donors (Lipinski definition) is 1. The van der Waals surface area contributed by atoms with Gasteiger partial charge in [-0.05, 0) is 43.3 Å². The van der Waals surface area contributed by atoms with Crippen LogP contribution in [0.4, 0.5) is 0 Å². The van der Waals surface area contributed by atoms with Gasteiger partial charge in [-0.25, -0.2) is 4.98 Å². The second-order valence-corrected chi connectivity index (χ2v) is 4.46. The van der Waals surface area contributed by atoms with Crippen LogP contribution < -0.4 is 0 Å². The lowest BCUT2D eigenvalue weighted by atomic mass is 10.2. The van der Waals surface area contributed by atoms with Gasteiger partial charge < -0.3 is 0 Å². The van der Waals surface area contributed by atoms with Crippen molar-refractivity contribution in [2.75, 3.05) is 0 Å². The fourth-order valence-electron chi connectivity index (χ4n) is 1.33. The summed E-state index contributed by atoms with van der Waals surface area (Å²) in [7, 11) is 0. The Balaban J connectivity index is 2.25.